The molecule has 1 aromatic carbocycles. The maximum atomic E-state index is 6.13. The van der Waals surface area contributed by atoms with Crippen molar-refractivity contribution < 1.29 is 4.74 Å². The molecular formula is C11H11BrClNO. The summed E-state index contributed by atoms with van der Waals surface area (Å²) in [6.07, 6.45) is 0.328. The number of nitrogens with one attached hydrogen (secondary N) is 1. The molecule has 0 amide bonds. The van der Waals surface area contributed by atoms with E-state index in [2.05, 4.69) is 33.4 Å². The molecule has 1 saturated heterocycles. The first-order valence-corrected chi connectivity index (χ1v) is 6.23. The van der Waals surface area contributed by atoms with Crippen molar-refractivity contribution in [1.82, 2.24) is 5.32 Å². The Hall–Kier alpha value is -0.0900. The standard InChI is InChI=1S/C11H11BrClNO/c12-9-1-6-5-15-11-4-14-3-8(11)7(6)2-10(9)13/h1-2,8,11,14H,3-5H2/t8-,11-/m0/s1. The van der Waals surface area contributed by atoms with Crippen molar-refractivity contribution in [3.05, 3.63) is 32.8 Å². The Morgan fingerprint density at radius 3 is 3.13 bits per heavy atom. The van der Waals surface area contributed by atoms with Gasteiger partial charge in [0.25, 0.3) is 0 Å². The molecule has 80 valence electrons. The second-order valence-corrected chi connectivity index (χ2v) is 5.34. The molecule has 0 saturated carbocycles. The fraction of sp³-hybridized carbons (Fsp3) is 0.455. The number of hydrogen-bond acceptors (Lipinski definition) is 2. The van der Waals surface area contributed by atoms with E-state index in [-0.39, 0.29) is 0 Å². The zero-order chi connectivity index (χ0) is 10.4. The largest absolute Gasteiger partial charge is 0.372 e. The van der Waals surface area contributed by atoms with Crippen LogP contribution in [0.1, 0.15) is 17.0 Å². The van der Waals surface area contributed by atoms with Crippen molar-refractivity contribution in [3.8, 4) is 0 Å². The van der Waals surface area contributed by atoms with Gasteiger partial charge in [0, 0.05) is 23.5 Å². The van der Waals surface area contributed by atoms with E-state index in [0.29, 0.717) is 18.6 Å². The summed E-state index contributed by atoms with van der Waals surface area (Å²) in [5.74, 6) is 0.472. The lowest BCUT2D eigenvalue weighted by molar-refractivity contribution is 0.0299. The average molecular weight is 289 g/mol. The van der Waals surface area contributed by atoms with E-state index in [1.165, 1.54) is 11.1 Å². The Morgan fingerprint density at radius 1 is 1.40 bits per heavy atom. The maximum absolute atomic E-state index is 6.13. The van der Waals surface area contributed by atoms with Crippen LogP contribution in [0.15, 0.2) is 16.6 Å². The first-order chi connectivity index (χ1) is 7.25. The molecule has 2 aliphatic rings. The quantitative estimate of drug-likeness (QED) is 0.792. The molecule has 0 radical (unpaired) electrons. The molecule has 0 bridgehead atoms. The molecule has 0 spiro atoms. The Morgan fingerprint density at radius 2 is 2.27 bits per heavy atom. The zero-order valence-electron chi connectivity index (χ0n) is 8.09. The Kier molecular flexibility index (Phi) is 2.51. The minimum Gasteiger partial charge on any atom is -0.372 e. The van der Waals surface area contributed by atoms with Crippen LogP contribution >= 0.6 is 27.5 Å². The predicted octanol–water partition coefficient (Wildman–Crippen LogP) is 2.69. The summed E-state index contributed by atoms with van der Waals surface area (Å²) in [4.78, 5) is 0. The van der Waals surface area contributed by atoms with Crippen molar-refractivity contribution in [3.63, 3.8) is 0 Å². The van der Waals surface area contributed by atoms with Gasteiger partial charge in [0.1, 0.15) is 0 Å². The van der Waals surface area contributed by atoms with Gasteiger partial charge in [-0.05, 0) is 39.2 Å². The summed E-state index contributed by atoms with van der Waals surface area (Å²) in [5, 5.41) is 4.15. The van der Waals surface area contributed by atoms with Crippen LogP contribution in [0.2, 0.25) is 5.02 Å². The zero-order valence-corrected chi connectivity index (χ0v) is 10.4. The molecule has 1 N–H and O–H groups in total. The van der Waals surface area contributed by atoms with Crippen LogP contribution in [0, 0.1) is 0 Å². The molecule has 2 nitrogen and oxygen atoms in total. The highest BCUT2D eigenvalue weighted by Gasteiger charge is 2.34. The van der Waals surface area contributed by atoms with E-state index >= 15 is 0 Å². The second kappa shape index (κ2) is 3.74. The van der Waals surface area contributed by atoms with Gasteiger partial charge < -0.3 is 10.1 Å². The van der Waals surface area contributed by atoms with Crippen molar-refractivity contribution in [1.29, 1.82) is 0 Å². The molecule has 2 heterocycles. The Labute approximate surface area is 102 Å². The minimum absolute atomic E-state index is 0.328. The lowest BCUT2D eigenvalue weighted by Gasteiger charge is -2.28. The van der Waals surface area contributed by atoms with Crippen molar-refractivity contribution in [2.75, 3.05) is 13.1 Å². The summed E-state index contributed by atoms with van der Waals surface area (Å²) >= 11 is 9.57. The molecule has 3 rings (SSSR count). The van der Waals surface area contributed by atoms with Crippen LogP contribution in [0.3, 0.4) is 0 Å². The molecule has 2 atom stereocenters. The molecule has 15 heavy (non-hydrogen) atoms. The van der Waals surface area contributed by atoms with Gasteiger partial charge in [0.15, 0.2) is 0 Å². The minimum atomic E-state index is 0.328. The molecule has 0 aromatic heterocycles. The highest BCUT2D eigenvalue weighted by atomic mass is 79.9. The van der Waals surface area contributed by atoms with Crippen LogP contribution in [0.4, 0.5) is 0 Å². The van der Waals surface area contributed by atoms with E-state index in [1.54, 1.807) is 0 Å². The van der Waals surface area contributed by atoms with Gasteiger partial charge in [-0.3, -0.25) is 0 Å². The fourth-order valence-corrected chi connectivity index (χ4v) is 2.97. The van der Waals surface area contributed by atoms with Crippen LogP contribution in [0.25, 0.3) is 0 Å². The van der Waals surface area contributed by atoms with Crippen molar-refractivity contribution in [2.45, 2.75) is 18.6 Å². The summed E-state index contributed by atoms with van der Waals surface area (Å²) in [6.45, 7) is 2.65. The number of halogens is 2. The molecule has 0 aliphatic carbocycles. The summed E-state index contributed by atoms with van der Waals surface area (Å²) in [7, 11) is 0. The smallest absolute Gasteiger partial charge is 0.0784 e. The maximum Gasteiger partial charge on any atom is 0.0784 e. The average Bonchev–Trinajstić information content (AvgIpc) is 2.68. The normalized spacial score (nSPS) is 28.7. The Bertz CT molecular complexity index is 410. The number of benzene rings is 1. The van der Waals surface area contributed by atoms with E-state index in [0.717, 1.165) is 22.6 Å². The summed E-state index contributed by atoms with van der Waals surface area (Å²) < 4.78 is 6.75. The highest BCUT2D eigenvalue weighted by molar-refractivity contribution is 9.10. The van der Waals surface area contributed by atoms with Crippen LogP contribution in [0.5, 0.6) is 0 Å². The molecule has 0 unspecified atom stereocenters. The van der Waals surface area contributed by atoms with E-state index < -0.39 is 0 Å². The van der Waals surface area contributed by atoms with Gasteiger partial charge in [-0.25, -0.2) is 0 Å². The number of fused-ring (bicyclic) bond motifs is 3. The van der Waals surface area contributed by atoms with E-state index in [4.69, 9.17) is 16.3 Å². The number of rotatable bonds is 0. The molecule has 1 aromatic rings. The second-order valence-electron chi connectivity index (χ2n) is 4.08. The van der Waals surface area contributed by atoms with Gasteiger partial charge in [-0.1, -0.05) is 11.6 Å². The third-order valence-corrected chi connectivity index (χ3v) is 4.39. The van der Waals surface area contributed by atoms with Gasteiger partial charge in [-0.15, -0.1) is 0 Å². The third-order valence-electron chi connectivity index (χ3n) is 3.19. The molecule has 1 fully saturated rings. The lowest BCUT2D eigenvalue weighted by atomic mass is 9.90. The summed E-state index contributed by atoms with van der Waals surface area (Å²) in [5.41, 5.74) is 2.61. The van der Waals surface area contributed by atoms with Crippen LogP contribution in [-0.2, 0) is 11.3 Å². The third kappa shape index (κ3) is 1.62. The monoisotopic (exact) mass is 287 g/mol. The number of hydrogen-bond donors (Lipinski definition) is 1. The van der Waals surface area contributed by atoms with E-state index in [9.17, 15) is 0 Å². The topological polar surface area (TPSA) is 21.3 Å². The fourth-order valence-electron chi connectivity index (χ4n) is 2.41. The first-order valence-electron chi connectivity index (χ1n) is 5.06. The van der Waals surface area contributed by atoms with E-state index in [1.807, 2.05) is 0 Å². The molecule has 2 aliphatic heterocycles. The SMILES string of the molecule is Clc1cc2c(cc1Br)CO[C@H]1CNC[C@@H]21. The van der Waals surface area contributed by atoms with Gasteiger partial charge in [0.2, 0.25) is 0 Å². The lowest BCUT2D eigenvalue weighted by Crippen LogP contribution is -2.26. The first kappa shape index (κ1) is 10.1. The van der Waals surface area contributed by atoms with Gasteiger partial charge in [-0.2, -0.15) is 0 Å². The van der Waals surface area contributed by atoms with Gasteiger partial charge in [0.05, 0.1) is 17.7 Å². The van der Waals surface area contributed by atoms with Crippen molar-refractivity contribution >= 4 is 27.5 Å². The Balaban J connectivity index is 2.09. The van der Waals surface area contributed by atoms with Gasteiger partial charge >= 0.3 is 0 Å². The van der Waals surface area contributed by atoms with Crippen LogP contribution < -0.4 is 5.32 Å². The molecular weight excluding hydrogens is 277 g/mol. The highest BCUT2D eigenvalue weighted by Crippen LogP contribution is 2.37. The number of ether oxygens (including phenoxy) is 1. The summed E-state index contributed by atoms with van der Waals surface area (Å²) in [6, 6.07) is 4.15. The van der Waals surface area contributed by atoms with Crippen molar-refractivity contribution in [2.24, 2.45) is 0 Å². The predicted molar refractivity (Wildman–Crippen MR) is 63.3 cm³/mol. The van der Waals surface area contributed by atoms with Crippen LogP contribution in [-0.4, -0.2) is 19.2 Å². The molecule has 4 heteroatoms.